The van der Waals surface area contributed by atoms with Crippen molar-refractivity contribution in [3.63, 3.8) is 0 Å². The molecule has 7 heteroatoms. The van der Waals surface area contributed by atoms with E-state index in [0.29, 0.717) is 30.0 Å². The number of likely N-dealkylation sites (N-methyl/N-ethyl adjacent to an activating group) is 1. The third-order valence-electron chi connectivity index (χ3n) is 6.30. The summed E-state index contributed by atoms with van der Waals surface area (Å²) in [5.74, 6) is 2.13. The minimum Gasteiger partial charge on any atom is -0.465 e. The van der Waals surface area contributed by atoms with Gasteiger partial charge in [-0.2, -0.15) is 0 Å². The number of pyridine rings is 1. The molecule has 0 bridgehead atoms. The van der Waals surface area contributed by atoms with E-state index >= 15 is 0 Å². The van der Waals surface area contributed by atoms with Crippen molar-refractivity contribution < 1.29 is 9.47 Å². The first-order valence-corrected chi connectivity index (χ1v) is 11.6. The third kappa shape index (κ3) is 4.54. The standard InChI is InChI=1S/C25H31N5O2/c1-3-31-16-32-22-13-18(17-10-11-17)14-26-24(22)23-20-8-4-5-9-21(20)25(29-28-23)27-19-7-6-12-30(2)15-19/h4-5,8-9,13-14,17,19H,3,6-7,10-12,15-16H2,1-2H3,(H,27,29)/t19-/m1/s1. The van der Waals surface area contributed by atoms with Gasteiger partial charge in [0, 0.05) is 36.2 Å². The van der Waals surface area contributed by atoms with Crippen LogP contribution in [0.15, 0.2) is 36.5 Å². The molecular formula is C25H31N5O2. The van der Waals surface area contributed by atoms with Gasteiger partial charge >= 0.3 is 0 Å². The van der Waals surface area contributed by atoms with Crippen LogP contribution in [0.1, 0.15) is 44.1 Å². The number of nitrogens with one attached hydrogen (secondary N) is 1. The number of hydrogen-bond acceptors (Lipinski definition) is 7. The van der Waals surface area contributed by atoms with Crippen LogP contribution in [0.25, 0.3) is 22.2 Å². The fraction of sp³-hybridized carbons (Fsp3) is 0.480. The minimum absolute atomic E-state index is 0.194. The summed E-state index contributed by atoms with van der Waals surface area (Å²) in [5.41, 5.74) is 2.67. The number of benzene rings is 1. The molecule has 1 aliphatic carbocycles. The first kappa shape index (κ1) is 21.1. The zero-order chi connectivity index (χ0) is 21.9. The van der Waals surface area contributed by atoms with Gasteiger partial charge in [-0.25, -0.2) is 0 Å². The molecule has 2 aliphatic rings. The summed E-state index contributed by atoms with van der Waals surface area (Å²) in [6.07, 6.45) is 6.72. The number of ether oxygens (including phenoxy) is 2. The topological polar surface area (TPSA) is 72.4 Å². The molecule has 7 nitrogen and oxygen atoms in total. The van der Waals surface area contributed by atoms with Crippen molar-refractivity contribution in [1.29, 1.82) is 0 Å². The molecule has 1 aromatic carbocycles. The molecule has 1 saturated carbocycles. The summed E-state index contributed by atoms with van der Waals surface area (Å²) in [6.45, 7) is 4.91. The van der Waals surface area contributed by atoms with Crippen molar-refractivity contribution in [2.75, 3.05) is 38.9 Å². The van der Waals surface area contributed by atoms with Gasteiger partial charge in [0.15, 0.2) is 18.4 Å². The Labute approximate surface area is 189 Å². The lowest BCUT2D eigenvalue weighted by Crippen LogP contribution is -2.40. The summed E-state index contributed by atoms with van der Waals surface area (Å²) in [6, 6.07) is 10.7. The molecule has 0 amide bonds. The summed E-state index contributed by atoms with van der Waals surface area (Å²) in [4.78, 5) is 7.14. The number of fused-ring (bicyclic) bond motifs is 1. The van der Waals surface area contributed by atoms with Crippen molar-refractivity contribution >= 4 is 16.6 Å². The second-order valence-corrected chi connectivity index (χ2v) is 8.83. The van der Waals surface area contributed by atoms with Gasteiger partial charge in [0.1, 0.15) is 11.4 Å². The molecule has 0 unspecified atom stereocenters. The Balaban J connectivity index is 1.51. The number of piperidine rings is 1. The maximum Gasteiger partial charge on any atom is 0.189 e. The smallest absolute Gasteiger partial charge is 0.189 e. The summed E-state index contributed by atoms with van der Waals surface area (Å²) in [5, 5.41) is 14.9. The van der Waals surface area contributed by atoms with Crippen molar-refractivity contribution in [1.82, 2.24) is 20.1 Å². The van der Waals surface area contributed by atoms with Crippen LogP contribution in [0.2, 0.25) is 0 Å². The summed E-state index contributed by atoms with van der Waals surface area (Å²) >= 11 is 0. The highest BCUT2D eigenvalue weighted by Gasteiger charge is 2.26. The van der Waals surface area contributed by atoms with Crippen molar-refractivity contribution in [2.45, 2.75) is 44.6 Å². The second kappa shape index (κ2) is 9.38. The van der Waals surface area contributed by atoms with Gasteiger partial charge in [0.05, 0.1) is 0 Å². The number of likely N-dealkylation sites (tertiary alicyclic amines) is 1. The van der Waals surface area contributed by atoms with Gasteiger partial charge in [-0.15, -0.1) is 10.2 Å². The van der Waals surface area contributed by atoms with Gasteiger partial charge in [-0.1, -0.05) is 24.3 Å². The van der Waals surface area contributed by atoms with Crippen LogP contribution in [0, 0.1) is 0 Å². The lowest BCUT2D eigenvalue weighted by atomic mass is 10.0. The van der Waals surface area contributed by atoms with E-state index in [4.69, 9.17) is 14.5 Å². The fourth-order valence-electron chi connectivity index (χ4n) is 4.44. The lowest BCUT2D eigenvalue weighted by Gasteiger charge is -2.30. The predicted octanol–water partition coefficient (Wildman–Crippen LogP) is 4.45. The van der Waals surface area contributed by atoms with E-state index in [2.05, 4.69) is 45.7 Å². The first-order chi connectivity index (χ1) is 15.7. The molecule has 1 N–H and O–H groups in total. The number of anilines is 1. The van der Waals surface area contributed by atoms with E-state index in [0.717, 1.165) is 41.8 Å². The van der Waals surface area contributed by atoms with E-state index in [9.17, 15) is 0 Å². The van der Waals surface area contributed by atoms with E-state index < -0.39 is 0 Å². The van der Waals surface area contributed by atoms with E-state index in [1.165, 1.54) is 24.8 Å². The molecule has 1 aliphatic heterocycles. The monoisotopic (exact) mass is 433 g/mol. The van der Waals surface area contributed by atoms with Crippen molar-refractivity contribution in [2.24, 2.45) is 0 Å². The molecule has 0 spiro atoms. The Bertz CT molecular complexity index is 1090. The molecular weight excluding hydrogens is 402 g/mol. The molecule has 32 heavy (non-hydrogen) atoms. The lowest BCUT2D eigenvalue weighted by molar-refractivity contribution is 0.0225. The molecule has 0 radical (unpaired) electrons. The van der Waals surface area contributed by atoms with Crippen LogP contribution in [-0.4, -0.2) is 59.7 Å². The van der Waals surface area contributed by atoms with E-state index in [-0.39, 0.29) is 6.79 Å². The van der Waals surface area contributed by atoms with E-state index in [1.54, 1.807) is 0 Å². The minimum atomic E-state index is 0.194. The normalized spacial score (nSPS) is 19.2. The molecule has 3 heterocycles. The SMILES string of the molecule is CCOCOc1cc(C2CC2)cnc1-c1nnc(N[C@@H]2CCCN(C)C2)c2ccccc12. The van der Waals surface area contributed by atoms with Crippen LogP contribution < -0.4 is 10.1 Å². The molecule has 2 aromatic heterocycles. The highest BCUT2D eigenvalue weighted by molar-refractivity contribution is 6.00. The molecule has 168 valence electrons. The van der Waals surface area contributed by atoms with Crippen LogP contribution in [-0.2, 0) is 4.74 Å². The summed E-state index contributed by atoms with van der Waals surface area (Å²) < 4.78 is 11.4. The maximum absolute atomic E-state index is 5.99. The molecule has 2 fully saturated rings. The summed E-state index contributed by atoms with van der Waals surface area (Å²) in [7, 11) is 2.17. The van der Waals surface area contributed by atoms with E-state index in [1.807, 2.05) is 25.3 Å². The number of aromatic nitrogens is 3. The Morgan fingerprint density at radius 3 is 2.72 bits per heavy atom. The highest BCUT2D eigenvalue weighted by Crippen LogP contribution is 2.43. The predicted molar refractivity (Wildman–Crippen MR) is 126 cm³/mol. The van der Waals surface area contributed by atoms with Crippen LogP contribution in [0.4, 0.5) is 5.82 Å². The van der Waals surface area contributed by atoms with Crippen molar-refractivity contribution in [3.05, 3.63) is 42.1 Å². The van der Waals surface area contributed by atoms with Crippen LogP contribution >= 0.6 is 0 Å². The van der Waals surface area contributed by atoms with Crippen LogP contribution in [0.3, 0.4) is 0 Å². The quantitative estimate of drug-likeness (QED) is 0.416. The molecule has 1 atom stereocenters. The average molecular weight is 434 g/mol. The Morgan fingerprint density at radius 2 is 1.94 bits per heavy atom. The Hall–Kier alpha value is -2.77. The van der Waals surface area contributed by atoms with Gasteiger partial charge in [0.25, 0.3) is 0 Å². The van der Waals surface area contributed by atoms with Crippen LogP contribution in [0.5, 0.6) is 5.75 Å². The second-order valence-electron chi connectivity index (χ2n) is 8.83. The molecule has 1 saturated heterocycles. The number of rotatable bonds is 8. The van der Waals surface area contributed by atoms with Gasteiger partial charge in [-0.05, 0) is 63.7 Å². The maximum atomic E-state index is 5.99. The largest absolute Gasteiger partial charge is 0.465 e. The zero-order valence-corrected chi connectivity index (χ0v) is 18.9. The van der Waals surface area contributed by atoms with Gasteiger partial charge in [-0.3, -0.25) is 4.98 Å². The number of hydrogen-bond donors (Lipinski definition) is 1. The fourth-order valence-corrected chi connectivity index (χ4v) is 4.44. The average Bonchev–Trinajstić information content (AvgIpc) is 3.65. The van der Waals surface area contributed by atoms with Gasteiger partial charge < -0.3 is 19.7 Å². The Kier molecular flexibility index (Phi) is 6.19. The molecule has 3 aromatic rings. The first-order valence-electron chi connectivity index (χ1n) is 11.6. The Morgan fingerprint density at radius 1 is 1.09 bits per heavy atom. The van der Waals surface area contributed by atoms with Gasteiger partial charge in [0.2, 0.25) is 0 Å². The van der Waals surface area contributed by atoms with Crippen molar-refractivity contribution in [3.8, 4) is 17.1 Å². The number of nitrogens with zero attached hydrogens (tertiary/aromatic N) is 4. The highest BCUT2D eigenvalue weighted by atomic mass is 16.7. The third-order valence-corrected chi connectivity index (χ3v) is 6.30. The zero-order valence-electron chi connectivity index (χ0n) is 18.9. The molecule has 5 rings (SSSR count).